The molecule has 0 aliphatic carbocycles. The molecule has 4 heteroatoms. The molecule has 1 aliphatic rings. The highest BCUT2D eigenvalue weighted by Gasteiger charge is 2.19. The Labute approximate surface area is 101 Å². The number of hydrogen-bond acceptors (Lipinski definition) is 3. The lowest BCUT2D eigenvalue weighted by Gasteiger charge is -2.17. The van der Waals surface area contributed by atoms with Gasteiger partial charge in [-0.05, 0) is 30.9 Å². The quantitative estimate of drug-likeness (QED) is 0.868. The van der Waals surface area contributed by atoms with E-state index < -0.39 is 11.9 Å². The summed E-state index contributed by atoms with van der Waals surface area (Å²) in [6, 6.07) is 3.83. The highest BCUT2D eigenvalue weighted by Crippen LogP contribution is 2.22. The normalized spacial score (nSPS) is 17.1. The summed E-state index contributed by atoms with van der Waals surface area (Å²) >= 11 is 0. The number of aromatic nitrogens is 1. The number of hydrogen-bond donors (Lipinski definition) is 1. The summed E-state index contributed by atoms with van der Waals surface area (Å²) in [5.74, 6) is -0.246. The third-order valence-corrected chi connectivity index (χ3v) is 3.31. The predicted octanol–water partition coefficient (Wildman–Crippen LogP) is 2.26. The highest BCUT2D eigenvalue weighted by atomic mass is 16.4. The number of nitrogens with zero attached hydrogens (tertiary/aromatic N) is 2. The van der Waals surface area contributed by atoms with Gasteiger partial charge in [-0.1, -0.05) is 13.0 Å². The average molecular weight is 234 g/mol. The number of anilines is 1. The molecule has 0 bridgehead atoms. The molecule has 1 N–H and O–H groups in total. The van der Waals surface area contributed by atoms with Crippen LogP contribution in [-0.2, 0) is 4.79 Å². The van der Waals surface area contributed by atoms with Gasteiger partial charge in [-0.2, -0.15) is 0 Å². The summed E-state index contributed by atoms with van der Waals surface area (Å²) in [6.07, 6.45) is 4.74. The van der Waals surface area contributed by atoms with Crippen molar-refractivity contribution in [3.63, 3.8) is 0 Å². The SMILES string of the molecule is CCC(C(=O)O)c1ccc(N2CCCC2)nc1. The molecule has 1 fully saturated rings. The summed E-state index contributed by atoms with van der Waals surface area (Å²) in [5, 5.41) is 9.07. The molecule has 2 rings (SSSR count). The van der Waals surface area contributed by atoms with Crippen LogP contribution >= 0.6 is 0 Å². The third-order valence-electron chi connectivity index (χ3n) is 3.31. The fourth-order valence-corrected chi connectivity index (χ4v) is 2.29. The van der Waals surface area contributed by atoms with Crippen molar-refractivity contribution < 1.29 is 9.90 Å². The Kier molecular flexibility index (Phi) is 3.61. The Bertz CT molecular complexity index is 383. The third kappa shape index (κ3) is 2.57. The Hall–Kier alpha value is -1.58. The van der Waals surface area contributed by atoms with Crippen LogP contribution in [0.5, 0.6) is 0 Å². The van der Waals surface area contributed by atoms with E-state index in [4.69, 9.17) is 5.11 Å². The van der Waals surface area contributed by atoms with Gasteiger partial charge in [0.1, 0.15) is 5.82 Å². The molecule has 0 saturated carbocycles. The van der Waals surface area contributed by atoms with Gasteiger partial charge in [0.05, 0.1) is 5.92 Å². The van der Waals surface area contributed by atoms with E-state index in [2.05, 4.69) is 9.88 Å². The first kappa shape index (κ1) is 11.9. The van der Waals surface area contributed by atoms with E-state index in [-0.39, 0.29) is 0 Å². The van der Waals surface area contributed by atoms with Gasteiger partial charge in [-0.3, -0.25) is 4.79 Å². The number of pyridine rings is 1. The van der Waals surface area contributed by atoms with E-state index in [0.717, 1.165) is 24.5 Å². The van der Waals surface area contributed by atoms with Crippen molar-refractivity contribution in [2.45, 2.75) is 32.1 Å². The summed E-state index contributed by atoms with van der Waals surface area (Å²) in [7, 11) is 0. The molecule has 17 heavy (non-hydrogen) atoms. The number of carbonyl (C=O) groups is 1. The lowest BCUT2D eigenvalue weighted by atomic mass is 9.98. The molecule has 1 aromatic rings. The van der Waals surface area contributed by atoms with Crippen LogP contribution < -0.4 is 4.90 Å². The van der Waals surface area contributed by atoms with Crippen molar-refractivity contribution in [3.05, 3.63) is 23.9 Å². The summed E-state index contributed by atoms with van der Waals surface area (Å²) in [6.45, 7) is 4.00. The van der Waals surface area contributed by atoms with E-state index in [1.165, 1.54) is 12.8 Å². The molecule has 1 saturated heterocycles. The predicted molar refractivity (Wildman–Crippen MR) is 66.4 cm³/mol. The molecule has 0 spiro atoms. The molecule has 92 valence electrons. The lowest BCUT2D eigenvalue weighted by Crippen LogP contribution is -2.19. The first-order chi connectivity index (χ1) is 8.22. The fraction of sp³-hybridized carbons (Fsp3) is 0.538. The molecule has 0 aromatic carbocycles. The molecular formula is C13H18N2O2. The zero-order chi connectivity index (χ0) is 12.3. The van der Waals surface area contributed by atoms with Crippen molar-refractivity contribution >= 4 is 11.8 Å². The zero-order valence-corrected chi connectivity index (χ0v) is 10.1. The Morgan fingerprint density at radius 2 is 2.18 bits per heavy atom. The van der Waals surface area contributed by atoms with E-state index in [1.54, 1.807) is 6.20 Å². The van der Waals surface area contributed by atoms with E-state index >= 15 is 0 Å². The second kappa shape index (κ2) is 5.17. The molecule has 4 nitrogen and oxygen atoms in total. The van der Waals surface area contributed by atoms with Crippen molar-refractivity contribution in [2.24, 2.45) is 0 Å². The van der Waals surface area contributed by atoms with E-state index in [1.807, 2.05) is 19.1 Å². The van der Waals surface area contributed by atoms with E-state index in [0.29, 0.717) is 6.42 Å². The molecule has 0 amide bonds. The summed E-state index contributed by atoms with van der Waals surface area (Å²) < 4.78 is 0. The summed E-state index contributed by atoms with van der Waals surface area (Å²) in [4.78, 5) is 17.7. The van der Waals surface area contributed by atoms with Crippen LogP contribution in [0.1, 0.15) is 37.7 Å². The molecule has 1 atom stereocenters. The maximum atomic E-state index is 11.0. The van der Waals surface area contributed by atoms with Gasteiger partial charge in [0.2, 0.25) is 0 Å². The van der Waals surface area contributed by atoms with Crippen LogP contribution in [0.25, 0.3) is 0 Å². The molecule has 1 aliphatic heterocycles. The van der Waals surface area contributed by atoms with Crippen LogP contribution in [0.3, 0.4) is 0 Å². The molecule has 1 unspecified atom stereocenters. The lowest BCUT2D eigenvalue weighted by molar-refractivity contribution is -0.138. The van der Waals surface area contributed by atoms with Gasteiger partial charge >= 0.3 is 5.97 Å². The minimum atomic E-state index is -0.775. The van der Waals surface area contributed by atoms with E-state index in [9.17, 15) is 4.79 Å². The maximum absolute atomic E-state index is 11.0. The molecular weight excluding hydrogens is 216 g/mol. The van der Waals surface area contributed by atoms with Crippen LogP contribution in [0.4, 0.5) is 5.82 Å². The minimum Gasteiger partial charge on any atom is -0.481 e. The molecule has 0 radical (unpaired) electrons. The van der Waals surface area contributed by atoms with Gasteiger partial charge in [0, 0.05) is 19.3 Å². The first-order valence-corrected chi connectivity index (χ1v) is 6.16. The zero-order valence-electron chi connectivity index (χ0n) is 10.1. The van der Waals surface area contributed by atoms with Gasteiger partial charge in [0.15, 0.2) is 0 Å². The number of aliphatic carboxylic acids is 1. The van der Waals surface area contributed by atoms with Crippen LogP contribution in [0.2, 0.25) is 0 Å². The average Bonchev–Trinajstić information content (AvgIpc) is 2.84. The minimum absolute atomic E-state index is 0.435. The number of carboxylic acids is 1. The van der Waals surface area contributed by atoms with Crippen LogP contribution in [0.15, 0.2) is 18.3 Å². The Morgan fingerprint density at radius 3 is 2.65 bits per heavy atom. The van der Waals surface area contributed by atoms with Crippen molar-refractivity contribution in [1.29, 1.82) is 0 Å². The standard InChI is InChI=1S/C13H18N2O2/c1-2-11(13(16)17)10-5-6-12(14-9-10)15-7-3-4-8-15/h5-6,9,11H,2-4,7-8H2,1H3,(H,16,17). The fourth-order valence-electron chi connectivity index (χ4n) is 2.29. The largest absolute Gasteiger partial charge is 0.481 e. The Balaban J connectivity index is 2.14. The van der Waals surface area contributed by atoms with Gasteiger partial charge in [-0.25, -0.2) is 4.98 Å². The maximum Gasteiger partial charge on any atom is 0.311 e. The van der Waals surface area contributed by atoms with Crippen molar-refractivity contribution in [2.75, 3.05) is 18.0 Å². The van der Waals surface area contributed by atoms with Crippen molar-refractivity contribution in [1.82, 2.24) is 4.98 Å². The summed E-state index contributed by atoms with van der Waals surface area (Å²) in [5.41, 5.74) is 0.794. The molecule has 2 heterocycles. The second-order valence-electron chi connectivity index (χ2n) is 4.44. The van der Waals surface area contributed by atoms with Crippen molar-refractivity contribution in [3.8, 4) is 0 Å². The molecule has 1 aromatic heterocycles. The van der Waals surface area contributed by atoms with Gasteiger partial charge < -0.3 is 10.0 Å². The first-order valence-electron chi connectivity index (χ1n) is 6.16. The smallest absolute Gasteiger partial charge is 0.311 e. The van der Waals surface area contributed by atoms with Gasteiger partial charge in [0.25, 0.3) is 0 Å². The number of rotatable bonds is 4. The van der Waals surface area contributed by atoms with Gasteiger partial charge in [-0.15, -0.1) is 0 Å². The number of carboxylic acid groups (broad SMARTS) is 1. The second-order valence-corrected chi connectivity index (χ2v) is 4.44. The Morgan fingerprint density at radius 1 is 1.47 bits per heavy atom. The topological polar surface area (TPSA) is 53.4 Å². The monoisotopic (exact) mass is 234 g/mol. The van der Waals surface area contributed by atoms with Crippen LogP contribution in [0, 0.1) is 0 Å². The highest BCUT2D eigenvalue weighted by molar-refractivity contribution is 5.75. The van der Waals surface area contributed by atoms with Crippen LogP contribution in [-0.4, -0.2) is 29.1 Å².